The summed E-state index contributed by atoms with van der Waals surface area (Å²) < 4.78 is 0.766. The van der Waals surface area contributed by atoms with E-state index in [4.69, 9.17) is 0 Å². The Balaban J connectivity index is 2.17. The van der Waals surface area contributed by atoms with Crippen LogP contribution in [0.3, 0.4) is 0 Å². The van der Waals surface area contributed by atoms with Crippen molar-refractivity contribution in [2.24, 2.45) is 0 Å². The molecule has 98 valence electrons. The van der Waals surface area contributed by atoms with Crippen LogP contribution in [0.25, 0.3) is 0 Å². The molecule has 0 aromatic carbocycles. The summed E-state index contributed by atoms with van der Waals surface area (Å²) >= 11 is 3.29. The SMILES string of the molecule is CCC1CCCCCN1C(=O)c1ccc(Br)nc1. The molecule has 1 aromatic heterocycles. The summed E-state index contributed by atoms with van der Waals surface area (Å²) in [6.07, 6.45) is 7.41. The molecular weight excluding hydrogens is 292 g/mol. The molecule has 0 bridgehead atoms. The largest absolute Gasteiger partial charge is 0.336 e. The molecule has 0 radical (unpaired) electrons. The second-order valence-corrected chi connectivity index (χ2v) is 5.59. The van der Waals surface area contributed by atoms with E-state index in [9.17, 15) is 4.79 Å². The minimum Gasteiger partial charge on any atom is -0.336 e. The van der Waals surface area contributed by atoms with Gasteiger partial charge in [-0.1, -0.05) is 19.8 Å². The van der Waals surface area contributed by atoms with Crippen LogP contribution in [0.5, 0.6) is 0 Å². The van der Waals surface area contributed by atoms with Gasteiger partial charge in [-0.2, -0.15) is 0 Å². The van der Waals surface area contributed by atoms with E-state index in [0.717, 1.165) is 30.4 Å². The smallest absolute Gasteiger partial charge is 0.255 e. The summed E-state index contributed by atoms with van der Waals surface area (Å²) in [6.45, 7) is 3.05. The number of rotatable bonds is 2. The third-order valence-electron chi connectivity index (χ3n) is 3.58. The molecule has 1 saturated heterocycles. The summed E-state index contributed by atoms with van der Waals surface area (Å²) in [4.78, 5) is 18.7. The minimum atomic E-state index is 0.128. The van der Waals surface area contributed by atoms with Gasteiger partial charge in [0.15, 0.2) is 0 Å². The minimum absolute atomic E-state index is 0.128. The predicted molar refractivity (Wildman–Crippen MR) is 75.5 cm³/mol. The lowest BCUT2D eigenvalue weighted by atomic mass is 10.1. The first-order chi connectivity index (χ1) is 8.72. The lowest BCUT2D eigenvalue weighted by Crippen LogP contribution is -2.39. The van der Waals surface area contributed by atoms with E-state index in [1.165, 1.54) is 12.8 Å². The highest BCUT2D eigenvalue weighted by atomic mass is 79.9. The van der Waals surface area contributed by atoms with Crippen molar-refractivity contribution in [2.45, 2.75) is 45.1 Å². The van der Waals surface area contributed by atoms with Crippen LogP contribution in [0.4, 0.5) is 0 Å². The van der Waals surface area contributed by atoms with Crippen LogP contribution in [0.1, 0.15) is 49.4 Å². The van der Waals surface area contributed by atoms with Gasteiger partial charge in [-0.25, -0.2) is 4.98 Å². The Morgan fingerprint density at radius 3 is 2.94 bits per heavy atom. The summed E-state index contributed by atoms with van der Waals surface area (Å²) in [5, 5.41) is 0. The Kier molecular flexibility index (Phi) is 4.75. The molecule has 2 heterocycles. The number of carbonyl (C=O) groups is 1. The standard InChI is InChI=1S/C14H19BrN2O/c1-2-12-6-4-3-5-9-17(12)14(18)11-7-8-13(15)16-10-11/h7-8,10,12H,2-6,9H2,1H3. The van der Waals surface area contributed by atoms with Crippen LogP contribution in [0, 0.1) is 0 Å². The van der Waals surface area contributed by atoms with Crippen molar-refractivity contribution in [3.8, 4) is 0 Å². The zero-order chi connectivity index (χ0) is 13.0. The van der Waals surface area contributed by atoms with Crippen LogP contribution >= 0.6 is 15.9 Å². The summed E-state index contributed by atoms with van der Waals surface area (Å²) in [5.41, 5.74) is 0.693. The Hall–Kier alpha value is -0.900. The van der Waals surface area contributed by atoms with E-state index in [0.29, 0.717) is 11.6 Å². The van der Waals surface area contributed by atoms with Crippen molar-refractivity contribution < 1.29 is 4.79 Å². The van der Waals surface area contributed by atoms with Gasteiger partial charge >= 0.3 is 0 Å². The zero-order valence-electron chi connectivity index (χ0n) is 10.7. The topological polar surface area (TPSA) is 33.2 Å². The first-order valence-corrected chi connectivity index (χ1v) is 7.44. The molecule has 1 aliphatic rings. The maximum Gasteiger partial charge on any atom is 0.255 e. The molecular formula is C14H19BrN2O. The van der Waals surface area contributed by atoms with Gasteiger partial charge in [0.1, 0.15) is 4.60 Å². The number of pyridine rings is 1. The Morgan fingerprint density at radius 2 is 2.28 bits per heavy atom. The third kappa shape index (κ3) is 3.10. The molecule has 0 spiro atoms. The molecule has 1 atom stereocenters. The fourth-order valence-corrected chi connectivity index (χ4v) is 2.77. The zero-order valence-corrected chi connectivity index (χ0v) is 12.3. The lowest BCUT2D eigenvalue weighted by molar-refractivity contribution is 0.0678. The molecule has 1 aliphatic heterocycles. The molecule has 1 amide bonds. The van der Waals surface area contributed by atoms with Gasteiger partial charge < -0.3 is 4.90 Å². The fraction of sp³-hybridized carbons (Fsp3) is 0.571. The molecule has 2 rings (SSSR count). The molecule has 4 heteroatoms. The van der Waals surface area contributed by atoms with Crippen LogP contribution in [0.2, 0.25) is 0 Å². The quantitative estimate of drug-likeness (QED) is 0.781. The number of halogens is 1. The van der Waals surface area contributed by atoms with Crippen LogP contribution in [0.15, 0.2) is 22.9 Å². The van der Waals surface area contributed by atoms with Crippen molar-refractivity contribution in [1.82, 2.24) is 9.88 Å². The van der Waals surface area contributed by atoms with Crippen molar-refractivity contribution in [3.63, 3.8) is 0 Å². The number of likely N-dealkylation sites (tertiary alicyclic amines) is 1. The van der Waals surface area contributed by atoms with Gasteiger partial charge in [-0.15, -0.1) is 0 Å². The number of hydrogen-bond acceptors (Lipinski definition) is 2. The monoisotopic (exact) mass is 310 g/mol. The highest BCUT2D eigenvalue weighted by Crippen LogP contribution is 2.21. The normalized spacial score (nSPS) is 20.6. The van der Waals surface area contributed by atoms with Gasteiger partial charge in [0, 0.05) is 18.8 Å². The van der Waals surface area contributed by atoms with Crippen molar-refractivity contribution in [1.29, 1.82) is 0 Å². The van der Waals surface area contributed by atoms with E-state index < -0.39 is 0 Å². The lowest BCUT2D eigenvalue weighted by Gasteiger charge is -2.29. The van der Waals surface area contributed by atoms with Crippen molar-refractivity contribution in [2.75, 3.05) is 6.54 Å². The van der Waals surface area contributed by atoms with E-state index in [-0.39, 0.29) is 5.91 Å². The molecule has 18 heavy (non-hydrogen) atoms. The van der Waals surface area contributed by atoms with E-state index in [1.807, 2.05) is 17.0 Å². The summed E-state index contributed by atoms with van der Waals surface area (Å²) in [7, 11) is 0. The average molecular weight is 311 g/mol. The van der Waals surface area contributed by atoms with Gasteiger partial charge in [-0.3, -0.25) is 4.79 Å². The van der Waals surface area contributed by atoms with Crippen molar-refractivity contribution >= 4 is 21.8 Å². The molecule has 0 N–H and O–H groups in total. The maximum atomic E-state index is 12.5. The fourth-order valence-electron chi connectivity index (χ4n) is 2.54. The van der Waals surface area contributed by atoms with Crippen molar-refractivity contribution in [3.05, 3.63) is 28.5 Å². The predicted octanol–water partition coefficient (Wildman–Crippen LogP) is 3.64. The molecule has 1 aromatic rings. The highest BCUT2D eigenvalue weighted by molar-refractivity contribution is 9.10. The number of aromatic nitrogens is 1. The second-order valence-electron chi connectivity index (χ2n) is 4.78. The molecule has 1 fully saturated rings. The molecule has 0 aliphatic carbocycles. The van der Waals surface area contributed by atoms with Gasteiger partial charge in [0.2, 0.25) is 0 Å². The average Bonchev–Trinajstić information content (AvgIpc) is 2.63. The first kappa shape index (κ1) is 13.5. The number of amides is 1. The van der Waals surface area contributed by atoms with E-state index in [1.54, 1.807) is 6.20 Å². The Labute approximate surface area is 117 Å². The van der Waals surface area contributed by atoms with Crippen LogP contribution in [-0.4, -0.2) is 28.4 Å². The maximum absolute atomic E-state index is 12.5. The summed E-state index contributed by atoms with van der Waals surface area (Å²) in [6, 6.07) is 4.06. The number of carbonyl (C=O) groups excluding carboxylic acids is 1. The highest BCUT2D eigenvalue weighted by Gasteiger charge is 2.24. The van der Waals surface area contributed by atoms with Gasteiger partial charge in [0.05, 0.1) is 5.56 Å². The summed E-state index contributed by atoms with van der Waals surface area (Å²) in [5.74, 6) is 0.128. The van der Waals surface area contributed by atoms with Gasteiger partial charge in [-0.05, 0) is 47.3 Å². The Morgan fingerprint density at radius 1 is 1.44 bits per heavy atom. The first-order valence-electron chi connectivity index (χ1n) is 6.65. The van der Waals surface area contributed by atoms with Crippen LogP contribution in [-0.2, 0) is 0 Å². The van der Waals surface area contributed by atoms with Crippen LogP contribution < -0.4 is 0 Å². The molecule has 3 nitrogen and oxygen atoms in total. The van der Waals surface area contributed by atoms with Gasteiger partial charge in [0.25, 0.3) is 5.91 Å². The second kappa shape index (κ2) is 6.32. The Bertz CT molecular complexity index is 405. The van der Waals surface area contributed by atoms with E-state index in [2.05, 4.69) is 27.8 Å². The molecule has 0 saturated carbocycles. The van der Waals surface area contributed by atoms with E-state index >= 15 is 0 Å². The molecule has 1 unspecified atom stereocenters. The number of nitrogens with zero attached hydrogens (tertiary/aromatic N) is 2. The third-order valence-corrected chi connectivity index (χ3v) is 4.05. The number of hydrogen-bond donors (Lipinski definition) is 0.